The predicted molar refractivity (Wildman–Crippen MR) is 111 cm³/mol. The predicted octanol–water partition coefficient (Wildman–Crippen LogP) is 3.29. The van der Waals surface area contributed by atoms with E-state index >= 15 is 0 Å². The maximum absolute atomic E-state index is 13.4. The first kappa shape index (κ1) is 23.4. The fourth-order valence-electron chi connectivity index (χ4n) is 3.65. The fourth-order valence-corrected chi connectivity index (χ4v) is 5.31. The van der Waals surface area contributed by atoms with Gasteiger partial charge >= 0.3 is 6.18 Å². The zero-order valence-corrected chi connectivity index (χ0v) is 18.5. The summed E-state index contributed by atoms with van der Waals surface area (Å²) in [4.78, 5) is 3.90. The number of imidazole rings is 1. The van der Waals surface area contributed by atoms with Gasteiger partial charge in [-0.3, -0.25) is 0 Å². The van der Waals surface area contributed by atoms with E-state index in [1.54, 1.807) is 7.05 Å². The Kier molecular flexibility index (Phi) is 6.05. The third-order valence-corrected chi connectivity index (χ3v) is 7.25. The Balaban J connectivity index is 1.67. The number of halogens is 5. The lowest BCUT2D eigenvalue weighted by Crippen LogP contribution is -2.32. The molecule has 2 aromatic heterocycles. The average Bonchev–Trinajstić information content (AvgIpc) is 3.36. The van der Waals surface area contributed by atoms with E-state index in [1.165, 1.54) is 45.7 Å². The van der Waals surface area contributed by atoms with Crippen molar-refractivity contribution in [3.05, 3.63) is 65.0 Å². The Morgan fingerprint density at radius 3 is 2.45 bits per heavy atom. The SMILES string of the molecule is Cn1cnc(S(=O)(=O)N2C[C@@H](Nc3cc(C(F)(F)F)c(Cl)nn3)[C@H](c3ccc(F)cc3)C2)c1. The number of sulfonamides is 1. The van der Waals surface area contributed by atoms with Crippen molar-refractivity contribution >= 4 is 27.4 Å². The van der Waals surface area contributed by atoms with Crippen LogP contribution in [0.4, 0.5) is 23.4 Å². The maximum atomic E-state index is 13.4. The van der Waals surface area contributed by atoms with Gasteiger partial charge in [0, 0.05) is 38.3 Å². The molecule has 0 bridgehead atoms. The van der Waals surface area contributed by atoms with Crippen LogP contribution in [-0.2, 0) is 23.2 Å². The number of benzene rings is 1. The molecule has 8 nitrogen and oxygen atoms in total. The molecule has 4 rings (SSSR count). The van der Waals surface area contributed by atoms with Gasteiger partial charge in [-0.15, -0.1) is 10.2 Å². The molecule has 176 valence electrons. The van der Waals surface area contributed by atoms with Crippen LogP contribution in [-0.4, -0.2) is 51.6 Å². The highest BCUT2D eigenvalue weighted by Crippen LogP contribution is 2.36. The standard InChI is InChI=1S/C19H17ClF4N6O2S/c1-29-9-17(25-10-29)33(31,32)30-7-13(11-2-4-12(21)5-3-11)15(8-30)26-16-6-14(19(22,23)24)18(20)28-27-16/h2-6,9-10,13,15H,7-8H2,1H3,(H,26,27)/t13-,15+/m0/s1. The van der Waals surface area contributed by atoms with Crippen LogP contribution in [0.15, 0.2) is 47.9 Å². The summed E-state index contributed by atoms with van der Waals surface area (Å²) in [6, 6.07) is 5.48. The Bertz CT molecular complexity index is 1270. The summed E-state index contributed by atoms with van der Waals surface area (Å²) < 4.78 is 81.9. The fraction of sp³-hybridized carbons (Fsp3) is 0.316. The van der Waals surface area contributed by atoms with Crippen molar-refractivity contribution in [2.45, 2.75) is 23.2 Å². The quantitative estimate of drug-likeness (QED) is 0.536. The molecular formula is C19H17ClF4N6O2S. The molecule has 1 aliphatic heterocycles. The molecule has 1 fully saturated rings. The summed E-state index contributed by atoms with van der Waals surface area (Å²) >= 11 is 5.54. The zero-order valence-electron chi connectivity index (χ0n) is 17.0. The second kappa shape index (κ2) is 8.54. The third kappa shape index (κ3) is 4.80. The lowest BCUT2D eigenvalue weighted by atomic mass is 9.94. The lowest BCUT2D eigenvalue weighted by Gasteiger charge is -2.21. The highest BCUT2D eigenvalue weighted by Gasteiger charge is 2.42. The largest absolute Gasteiger partial charge is 0.419 e. The van der Waals surface area contributed by atoms with Gasteiger partial charge < -0.3 is 9.88 Å². The van der Waals surface area contributed by atoms with E-state index in [-0.39, 0.29) is 23.9 Å². The number of anilines is 1. The molecule has 0 spiro atoms. The number of nitrogens with zero attached hydrogens (tertiary/aromatic N) is 5. The highest BCUT2D eigenvalue weighted by molar-refractivity contribution is 7.89. The highest BCUT2D eigenvalue weighted by atomic mass is 35.5. The van der Waals surface area contributed by atoms with Gasteiger partial charge in [-0.2, -0.15) is 17.5 Å². The van der Waals surface area contributed by atoms with Gasteiger partial charge in [0.15, 0.2) is 10.2 Å². The van der Waals surface area contributed by atoms with Gasteiger partial charge in [0.05, 0.1) is 11.9 Å². The van der Waals surface area contributed by atoms with Gasteiger partial charge in [0.25, 0.3) is 10.0 Å². The first-order valence-corrected chi connectivity index (χ1v) is 11.4. The topological polar surface area (TPSA) is 93.0 Å². The molecule has 0 aliphatic carbocycles. The Labute approximate surface area is 191 Å². The number of nitrogens with one attached hydrogen (secondary N) is 1. The van der Waals surface area contributed by atoms with Crippen molar-refractivity contribution in [3.63, 3.8) is 0 Å². The van der Waals surface area contributed by atoms with Crippen LogP contribution in [0, 0.1) is 5.82 Å². The molecule has 2 atom stereocenters. The number of rotatable bonds is 5. The summed E-state index contributed by atoms with van der Waals surface area (Å²) in [5.41, 5.74) is -0.568. The summed E-state index contributed by atoms with van der Waals surface area (Å²) in [5.74, 6) is -1.21. The molecule has 1 saturated heterocycles. The normalized spacial score (nSPS) is 19.7. The third-order valence-electron chi connectivity index (χ3n) is 5.26. The summed E-state index contributed by atoms with van der Waals surface area (Å²) in [6.07, 6.45) is -2.05. The lowest BCUT2D eigenvalue weighted by molar-refractivity contribution is -0.137. The molecule has 14 heteroatoms. The van der Waals surface area contributed by atoms with E-state index in [2.05, 4.69) is 20.5 Å². The van der Waals surface area contributed by atoms with Crippen molar-refractivity contribution < 1.29 is 26.0 Å². The molecule has 3 heterocycles. The van der Waals surface area contributed by atoms with Crippen molar-refractivity contribution in [3.8, 4) is 0 Å². The van der Waals surface area contributed by atoms with Gasteiger partial charge in [-0.1, -0.05) is 23.7 Å². The van der Waals surface area contributed by atoms with Crippen molar-refractivity contribution in [2.75, 3.05) is 18.4 Å². The smallest absolute Gasteiger partial charge is 0.364 e. The van der Waals surface area contributed by atoms with Crippen LogP contribution < -0.4 is 5.32 Å². The average molecular weight is 505 g/mol. The van der Waals surface area contributed by atoms with Gasteiger partial charge in [0.1, 0.15) is 11.6 Å². The van der Waals surface area contributed by atoms with E-state index in [4.69, 9.17) is 11.6 Å². The molecule has 0 radical (unpaired) electrons. The summed E-state index contributed by atoms with van der Waals surface area (Å²) in [5, 5.41) is 8.91. The number of hydrogen-bond donors (Lipinski definition) is 1. The molecule has 0 amide bonds. The zero-order chi connectivity index (χ0) is 24.0. The monoisotopic (exact) mass is 504 g/mol. The Morgan fingerprint density at radius 1 is 1.15 bits per heavy atom. The van der Waals surface area contributed by atoms with Crippen molar-refractivity contribution in [2.24, 2.45) is 7.05 Å². The van der Waals surface area contributed by atoms with Gasteiger partial charge in [-0.25, -0.2) is 17.8 Å². The van der Waals surface area contributed by atoms with Crippen molar-refractivity contribution in [1.29, 1.82) is 0 Å². The van der Waals surface area contributed by atoms with E-state index in [0.29, 0.717) is 11.6 Å². The Morgan fingerprint density at radius 2 is 1.85 bits per heavy atom. The van der Waals surface area contributed by atoms with Crippen LogP contribution in [0.5, 0.6) is 0 Å². The molecule has 0 saturated carbocycles. The number of aromatic nitrogens is 4. The molecule has 1 N–H and O–H groups in total. The molecule has 3 aromatic rings. The second-order valence-electron chi connectivity index (χ2n) is 7.54. The molecule has 1 aromatic carbocycles. The van der Waals surface area contributed by atoms with E-state index < -0.39 is 44.7 Å². The molecular weight excluding hydrogens is 488 g/mol. The number of hydrogen-bond acceptors (Lipinski definition) is 6. The number of alkyl halides is 3. The van der Waals surface area contributed by atoms with Crippen LogP contribution in [0.2, 0.25) is 5.15 Å². The van der Waals surface area contributed by atoms with Crippen LogP contribution in [0.25, 0.3) is 0 Å². The number of aryl methyl sites for hydroxylation is 1. The maximum Gasteiger partial charge on any atom is 0.419 e. The van der Waals surface area contributed by atoms with Gasteiger partial charge in [0.2, 0.25) is 0 Å². The summed E-state index contributed by atoms with van der Waals surface area (Å²) in [6.45, 7) is -0.0953. The van der Waals surface area contributed by atoms with Crippen LogP contribution in [0.1, 0.15) is 17.0 Å². The minimum atomic E-state index is -4.75. The van der Waals surface area contributed by atoms with Crippen molar-refractivity contribution in [1.82, 2.24) is 24.1 Å². The Hall–Kier alpha value is -2.77. The van der Waals surface area contributed by atoms with Crippen LogP contribution >= 0.6 is 11.6 Å². The molecule has 1 aliphatic rings. The minimum Gasteiger partial charge on any atom is -0.364 e. The second-order valence-corrected chi connectivity index (χ2v) is 9.78. The molecule has 33 heavy (non-hydrogen) atoms. The molecule has 0 unspecified atom stereocenters. The van der Waals surface area contributed by atoms with E-state index in [9.17, 15) is 26.0 Å². The first-order chi connectivity index (χ1) is 15.4. The van der Waals surface area contributed by atoms with E-state index in [1.807, 2.05) is 0 Å². The summed E-state index contributed by atoms with van der Waals surface area (Å²) in [7, 11) is -2.36. The van der Waals surface area contributed by atoms with E-state index in [0.717, 1.165) is 0 Å². The van der Waals surface area contributed by atoms with Crippen LogP contribution in [0.3, 0.4) is 0 Å². The van der Waals surface area contributed by atoms with Gasteiger partial charge in [-0.05, 0) is 23.8 Å². The minimum absolute atomic E-state index is 0.00461. The first-order valence-electron chi connectivity index (χ1n) is 9.55.